The van der Waals surface area contributed by atoms with Crippen molar-refractivity contribution in [1.29, 1.82) is 0 Å². The molecule has 0 radical (unpaired) electrons. The first-order valence-electron chi connectivity index (χ1n) is 12.2. The molecule has 0 spiro atoms. The smallest absolute Gasteiger partial charge is 0.490 e. The van der Waals surface area contributed by atoms with E-state index >= 15 is 0 Å². The molecule has 1 saturated heterocycles. The van der Waals surface area contributed by atoms with Crippen LogP contribution >= 0.6 is 23.5 Å². The fraction of sp³-hybridized carbons (Fsp3) is 0.318. The van der Waals surface area contributed by atoms with Gasteiger partial charge in [0.2, 0.25) is 0 Å². The Morgan fingerprint density at radius 1 is 0.955 bits per heavy atom. The van der Waals surface area contributed by atoms with Crippen molar-refractivity contribution >= 4 is 23.5 Å². The predicted octanol–water partition coefficient (Wildman–Crippen LogP) is 0.0914. The second-order valence-corrected chi connectivity index (χ2v) is 13.5. The van der Waals surface area contributed by atoms with Crippen LogP contribution in [-0.4, -0.2) is 75.9 Å². The number of phosphoric acid groups is 3. The van der Waals surface area contributed by atoms with E-state index in [0.29, 0.717) is 17.0 Å². The van der Waals surface area contributed by atoms with Gasteiger partial charge in [0.15, 0.2) is 6.23 Å². The summed E-state index contributed by atoms with van der Waals surface area (Å²) in [4.78, 5) is 66.3. The summed E-state index contributed by atoms with van der Waals surface area (Å²) in [6, 6.07) is 11.5. The van der Waals surface area contributed by atoms with Crippen molar-refractivity contribution < 1.29 is 66.1 Å². The minimum absolute atomic E-state index is 0.303. The van der Waals surface area contributed by atoms with Gasteiger partial charge in [-0.15, -0.1) is 0 Å². The summed E-state index contributed by atoms with van der Waals surface area (Å²) in [7, 11) is -15.5. The molecule has 2 aromatic heterocycles. The van der Waals surface area contributed by atoms with Gasteiger partial charge >= 0.3 is 29.2 Å². The molecule has 1 fully saturated rings. The van der Waals surface area contributed by atoms with E-state index in [9.17, 15) is 43.3 Å². The zero-order chi connectivity index (χ0) is 32.4. The molecular weight excluding hydrogens is 655 g/mol. The highest BCUT2D eigenvalue weighted by Gasteiger charge is 2.47. The lowest BCUT2D eigenvalue weighted by molar-refractivity contribution is -0.0547. The Balaban J connectivity index is 1.52. The second kappa shape index (κ2) is 13.2. The topological polar surface area (TPSA) is 276 Å². The normalized spacial score (nSPS) is 23.2. The van der Waals surface area contributed by atoms with Crippen molar-refractivity contribution in [2.45, 2.75) is 31.1 Å². The monoisotopic (exact) mass is 681 g/mol. The van der Waals surface area contributed by atoms with E-state index in [4.69, 9.17) is 19.3 Å². The van der Waals surface area contributed by atoms with Crippen LogP contribution in [-0.2, 0) is 38.1 Å². The summed E-state index contributed by atoms with van der Waals surface area (Å²) in [5.74, 6) is 0.581. The third-order valence-electron chi connectivity index (χ3n) is 6.08. The largest absolute Gasteiger partial charge is 0.496 e. The summed E-state index contributed by atoms with van der Waals surface area (Å²) in [5.41, 5.74) is 0.0235. The molecular formula is C22H26N3O16P3. The highest BCUT2D eigenvalue weighted by atomic mass is 31.3. The maximum absolute atomic E-state index is 13.3. The fourth-order valence-electron chi connectivity index (χ4n) is 4.22. The van der Waals surface area contributed by atoms with Crippen LogP contribution in [0.2, 0.25) is 0 Å². The molecule has 0 saturated carbocycles. The van der Waals surface area contributed by atoms with Gasteiger partial charge in [0.05, 0.1) is 26.0 Å². The standard InChI is InChI=1S/C22H26N3O16P3/c1-37-16-5-3-2-4-15(16)13-6-8-23-14(10-13)11-25-18(26)7-9-24(22(25)29)21-20(28)19(27)17(39-21)12-38-43(33,34)41-44(35,36)40-42(30,31)32/h2-10,17,19-21,27-28H,11-12H2,1H3,(H,33,34)(H,35,36)(H2,30,31,32)/t17-,19?,20+,21-/m1/s1. The van der Waals surface area contributed by atoms with Gasteiger partial charge in [-0.25, -0.2) is 18.5 Å². The lowest BCUT2D eigenvalue weighted by atomic mass is 10.0. The molecule has 0 amide bonds. The van der Waals surface area contributed by atoms with Gasteiger partial charge in [0.25, 0.3) is 5.56 Å². The Morgan fingerprint density at radius 2 is 1.66 bits per heavy atom. The van der Waals surface area contributed by atoms with E-state index in [-0.39, 0.29) is 6.54 Å². The van der Waals surface area contributed by atoms with Gasteiger partial charge in [-0.3, -0.25) is 23.4 Å². The van der Waals surface area contributed by atoms with Gasteiger partial charge in [-0.05, 0) is 23.8 Å². The van der Waals surface area contributed by atoms with Crippen molar-refractivity contribution in [2.75, 3.05) is 13.7 Å². The first-order chi connectivity index (χ1) is 20.5. The molecule has 1 aliphatic heterocycles. The van der Waals surface area contributed by atoms with Crippen LogP contribution in [0.1, 0.15) is 11.9 Å². The Labute approximate surface area is 246 Å². The van der Waals surface area contributed by atoms with Crippen LogP contribution in [0.4, 0.5) is 0 Å². The van der Waals surface area contributed by atoms with Crippen LogP contribution in [0.5, 0.6) is 5.75 Å². The summed E-state index contributed by atoms with van der Waals surface area (Å²) in [5, 5.41) is 21.0. The first-order valence-corrected chi connectivity index (χ1v) is 16.7. The molecule has 6 atom stereocenters. The molecule has 1 aliphatic rings. The quantitative estimate of drug-likeness (QED) is 0.138. The Hall–Kier alpha value is -2.86. The number of hydrogen-bond donors (Lipinski definition) is 6. The van der Waals surface area contributed by atoms with E-state index in [2.05, 4.69) is 18.1 Å². The van der Waals surface area contributed by atoms with Gasteiger partial charge < -0.3 is 39.3 Å². The SMILES string of the molecule is COc1ccccc1-c1ccnc(Cn2c(=O)ccn([C@@H]3O[C@H](COP(=O)(O)OP(=O)(O)OP(=O)(O)O)C(O)[C@@H]3O)c2=O)c1. The number of aromatic nitrogens is 3. The van der Waals surface area contributed by atoms with Crippen LogP contribution in [0.25, 0.3) is 11.1 Å². The number of para-hydroxylation sites is 1. The minimum Gasteiger partial charge on any atom is -0.496 e. The minimum atomic E-state index is -5.80. The zero-order valence-corrected chi connectivity index (χ0v) is 25.1. The number of methoxy groups -OCH3 is 1. The number of benzene rings is 1. The van der Waals surface area contributed by atoms with Crippen molar-refractivity contribution in [2.24, 2.45) is 0 Å². The number of aliphatic hydroxyl groups is 2. The number of ether oxygens (including phenoxy) is 2. The average Bonchev–Trinajstić information content (AvgIpc) is 3.21. The molecule has 1 aromatic carbocycles. The van der Waals surface area contributed by atoms with E-state index in [1.165, 1.54) is 13.3 Å². The molecule has 6 N–H and O–H groups in total. The number of hydrogen-bond acceptors (Lipinski definition) is 13. The zero-order valence-electron chi connectivity index (χ0n) is 22.4. The van der Waals surface area contributed by atoms with Gasteiger partial charge in [-0.1, -0.05) is 18.2 Å². The van der Waals surface area contributed by atoms with Gasteiger partial charge in [0.1, 0.15) is 24.1 Å². The molecule has 3 aromatic rings. The third-order valence-corrected chi connectivity index (χ3v) is 9.88. The molecule has 240 valence electrons. The molecule has 4 rings (SSSR count). The summed E-state index contributed by atoms with van der Waals surface area (Å²) >= 11 is 0. The molecule has 3 heterocycles. The third kappa shape index (κ3) is 8.24. The molecule has 44 heavy (non-hydrogen) atoms. The summed E-state index contributed by atoms with van der Waals surface area (Å²) < 4.78 is 58.3. The van der Waals surface area contributed by atoms with Crippen molar-refractivity contribution in [3.63, 3.8) is 0 Å². The van der Waals surface area contributed by atoms with E-state index in [1.54, 1.807) is 30.3 Å². The van der Waals surface area contributed by atoms with Crippen molar-refractivity contribution in [3.8, 4) is 16.9 Å². The number of nitrogens with zero attached hydrogens (tertiary/aromatic N) is 3. The molecule has 22 heteroatoms. The Morgan fingerprint density at radius 3 is 2.34 bits per heavy atom. The lowest BCUT2D eigenvalue weighted by Gasteiger charge is -2.19. The average molecular weight is 681 g/mol. The highest BCUT2D eigenvalue weighted by molar-refractivity contribution is 7.66. The maximum atomic E-state index is 13.3. The number of pyridine rings is 1. The van der Waals surface area contributed by atoms with Crippen LogP contribution in [0.3, 0.4) is 0 Å². The number of aliphatic hydroxyl groups excluding tert-OH is 2. The second-order valence-electron chi connectivity index (χ2n) is 9.10. The maximum Gasteiger partial charge on any atom is 0.490 e. The Kier molecular flexibility index (Phi) is 10.2. The number of phosphoric ester groups is 1. The van der Waals surface area contributed by atoms with Gasteiger partial charge in [-0.2, -0.15) is 8.62 Å². The van der Waals surface area contributed by atoms with Crippen LogP contribution in [0.15, 0.2) is 64.4 Å². The van der Waals surface area contributed by atoms with E-state index in [0.717, 1.165) is 27.0 Å². The predicted molar refractivity (Wildman–Crippen MR) is 146 cm³/mol. The number of rotatable bonds is 12. The molecule has 19 nitrogen and oxygen atoms in total. The van der Waals surface area contributed by atoms with E-state index < -0.39 is 65.9 Å². The summed E-state index contributed by atoms with van der Waals surface area (Å²) in [6.45, 7) is -1.39. The summed E-state index contributed by atoms with van der Waals surface area (Å²) in [6.07, 6.45) is -4.53. The lowest BCUT2D eigenvalue weighted by Crippen LogP contribution is -2.43. The fourth-order valence-corrected chi connectivity index (χ4v) is 7.25. The van der Waals surface area contributed by atoms with Crippen LogP contribution in [0, 0.1) is 0 Å². The van der Waals surface area contributed by atoms with E-state index in [1.807, 2.05) is 6.07 Å². The van der Waals surface area contributed by atoms with Crippen molar-refractivity contribution in [3.05, 3.63) is 81.4 Å². The highest BCUT2D eigenvalue weighted by Crippen LogP contribution is 2.66. The Bertz CT molecular complexity index is 1770. The first kappa shape index (κ1) is 34.0. The van der Waals surface area contributed by atoms with Crippen LogP contribution < -0.4 is 16.0 Å². The van der Waals surface area contributed by atoms with Crippen molar-refractivity contribution in [1.82, 2.24) is 14.1 Å². The van der Waals surface area contributed by atoms with Gasteiger partial charge in [0, 0.05) is 24.0 Å². The molecule has 0 aliphatic carbocycles. The molecule has 3 unspecified atom stereocenters. The molecule has 0 bridgehead atoms.